The van der Waals surface area contributed by atoms with Crippen LogP contribution in [0.2, 0.25) is 10.0 Å². The van der Waals surface area contributed by atoms with Gasteiger partial charge in [0.15, 0.2) is 5.78 Å². The molecule has 0 spiro atoms. The molecule has 0 aromatic heterocycles. The lowest BCUT2D eigenvalue weighted by Crippen LogP contribution is -2.02. The lowest BCUT2D eigenvalue weighted by molar-refractivity contribution is 0.103. The molecule has 21 heavy (non-hydrogen) atoms. The Hall–Kier alpha value is -1.03. The second-order valence-electron chi connectivity index (χ2n) is 4.45. The molecule has 0 saturated heterocycles. The van der Waals surface area contributed by atoms with E-state index < -0.39 is 0 Å². The summed E-state index contributed by atoms with van der Waals surface area (Å²) in [5, 5.41) is 0.794. The topological polar surface area (TPSA) is 26.3 Å². The monoisotopic (exact) mass is 386 g/mol. The van der Waals surface area contributed by atoms with Crippen molar-refractivity contribution >= 4 is 44.9 Å². The molecular weight excluding hydrogens is 375 g/mol. The summed E-state index contributed by atoms with van der Waals surface area (Å²) >= 11 is 15.2. The van der Waals surface area contributed by atoms with Crippen LogP contribution in [0.3, 0.4) is 0 Å². The van der Waals surface area contributed by atoms with Crippen molar-refractivity contribution in [3.05, 3.63) is 62.0 Å². The van der Waals surface area contributed by atoms with E-state index in [9.17, 15) is 4.79 Å². The molecule has 0 heterocycles. The van der Waals surface area contributed by atoms with Gasteiger partial charge < -0.3 is 4.74 Å². The molecule has 5 heteroatoms. The first-order valence-corrected chi connectivity index (χ1v) is 8.00. The first kappa shape index (κ1) is 16.3. The van der Waals surface area contributed by atoms with Gasteiger partial charge in [0.2, 0.25) is 0 Å². The molecule has 0 aliphatic rings. The lowest BCUT2D eigenvalue weighted by Gasteiger charge is -2.09. The molecule has 0 amide bonds. The number of benzene rings is 2. The van der Waals surface area contributed by atoms with Gasteiger partial charge in [-0.3, -0.25) is 4.79 Å². The Morgan fingerprint density at radius 3 is 2.38 bits per heavy atom. The Bertz CT molecular complexity index is 671. The quantitative estimate of drug-likeness (QED) is 0.608. The number of halogens is 3. The third kappa shape index (κ3) is 4.00. The number of carbonyl (C=O) groups is 1. The van der Waals surface area contributed by atoms with E-state index in [-0.39, 0.29) is 5.78 Å². The van der Waals surface area contributed by atoms with Crippen LogP contribution in [0.15, 0.2) is 40.9 Å². The van der Waals surface area contributed by atoms with Crippen LogP contribution in [0.5, 0.6) is 5.75 Å². The Kier molecular flexibility index (Phi) is 5.68. The first-order chi connectivity index (χ1) is 10.0. The van der Waals surface area contributed by atoms with Crippen molar-refractivity contribution in [2.45, 2.75) is 13.3 Å². The molecule has 0 aliphatic carbocycles. The summed E-state index contributed by atoms with van der Waals surface area (Å²) in [5.41, 5.74) is 1.06. The molecule has 0 aliphatic heterocycles. The van der Waals surface area contributed by atoms with Crippen LogP contribution in [0.1, 0.15) is 29.3 Å². The molecule has 0 N–H and O–H groups in total. The highest BCUT2D eigenvalue weighted by molar-refractivity contribution is 9.10. The number of carbonyl (C=O) groups excluding carboxylic acids is 1. The van der Waals surface area contributed by atoms with Crippen molar-refractivity contribution < 1.29 is 9.53 Å². The minimum Gasteiger partial charge on any atom is -0.492 e. The molecule has 2 rings (SSSR count). The van der Waals surface area contributed by atoms with Crippen molar-refractivity contribution in [1.82, 2.24) is 0 Å². The van der Waals surface area contributed by atoms with Gasteiger partial charge in [0.05, 0.1) is 21.1 Å². The maximum Gasteiger partial charge on any atom is 0.193 e. The summed E-state index contributed by atoms with van der Waals surface area (Å²) in [6, 6.07) is 10.1. The molecule has 2 aromatic rings. The van der Waals surface area contributed by atoms with E-state index >= 15 is 0 Å². The highest BCUT2D eigenvalue weighted by Crippen LogP contribution is 2.28. The van der Waals surface area contributed by atoms with Gasteiger partial charge in [-0.05, 0) is 58.7 Å². The van der Waals surface area contributed by atoms with Crippen LogP contribution in [-0.2, 0) is 0 Å². The van der Waals surface area contributed by atoms with E-state index in [1.165, 1.54) is 0 Å². The Morgan fingerprint density at radius 2 is 1.76 bits per heavy atom. The molecule has 0 saturated carbocycles. The molecule has 2 nitrogen and oxygen atoms in total. The Labute approximate surface area is 142 Å². The fourth-order valence-corrected chi connectivity index (χ4v) is 2.57. The van der Waals surface area contributed by atoms with Gasteiger partial charge in [0.1, 0.15) is 5.75 Å². The maximum atomic E-state index is 12.4. The SMILES string of the molecule is CCCOc1ccc(C(=O)c2ccc(Cl)c(Cl)c2)cc1Br. The fraction of sp³-hybridized carbons (Fsp3) is 0.188. The fourth-order valence-electron chi connectivity index (χ4n) is 1.78. The van der Waals surface area contributed by atoms with Crippen LogP contribution in [0.4, 0.5) is 0 Å². The average molecular weight is 388 g/mol. The summed E-state index contributed by atoms with van der Waals surface area (Å²) in [6.45, 7) is 2.68. The van der Waals surface area contributed by atoms with E-state index in [2.05, 4.69) is 15.9 Å². The lowest BCUT2D eigenvalue weighted by atomic mass is 10.0. The number of rotatable bonds is 5. The summed E-state index contributed by atoms with van der Waals surface area (Å²) < 4.78 is 6.32. The zero-order valence-electron chi connectivity index (χ0n) is 11.3. The van der Waals surface area contributed by atoms with Gasteiger partial charge in [0, 0.05) is 11.1 Å². The number of hydrogen-bond donors (Lipinski definition) is 0. The van der Waals surface area contributed by atoms with E-state index in [0.29, 0.717) is 27.8 Å². The largest absolute Gasteiger partial charge is 0.492 e. The number of ketones is 1. The van der Waals surface area contributed by atoms with E-state index in [0.717, 1.165) is 16.6 Å². The highest BCUT2D eigenvalue weighted by Gasteiger charge is 2.13. The van der Waals surface area contributed by atoms with Crippen LogP contribution in [0, 0.1) is 0 Å². The van der Waals surface area contributed by atoms with Crippen molar-refractivity contribution in [3.8, 4) is 5.75 Å². The number of ether oxygens (including phenoxy) is 1. The smallest absolute Gasteiger partial charge is 0.193 e. The van der Waals surface area contributed by atoms with Crippen molar-refractivity contribution in [1.29, 1.82) is 0 Å². The van der Waals surface area contributed by atoms with Crippen molar-refractivity contribution in [3.63, 3.8) is 0 Å². The molecule has 0 bridgehead atoms. The zero-order chi connectivity index (χ0) is 15.4. The van der Waals surface area contributed by atoms with E-state index in [4.69, 9.17) is 27.9 Å². The first-order valence-electron chi connectivity index (χ1n) is 6.45. The second kappa shape index (κ2) is 7.30. The van der Waals surface area contributed by atoms with Crippen LogP contribution >= 0.6 is 39.1 Å². The minimum absolute atomic E-state index is 0.115. The average Bonchev–Trinajstić information content (AvgIpc) is 2.48. The van der Waals surface area contributed by atoms with Gasteiger partial charge in [-0.15, -0.1) is 0 Å². The van der Waals surface area contributed by atoms with Gasteiger partial charge in [-0.1, -0.05) is 30.1 Å². The number of hydrogen-bond acceptors (Lipinski definition) is 2. The predicted molar refractivity (Wildman–Crippen MR) is 89.8 cm³/mol. The molecule has 2 aromatic carbocycles. The highest BCUT2D eigenvalue weighted by atomic mass is 79.9. The third-order valence-electron chi connectivity index (χ3n) is 2.84. The van der Waals surface area contributed by atoms with Crippen molar-refractivity contribution in [2.24, 2.45) is 0 Å². The molecule has 0 fully saturated rings. The minimum atomic E-state index is -0.115. The Morgan fingerprint density at radius 1 is 1.10 bits per heavy atom. The van der Waals surface area contributed by atoms with Crippen LogP contribution in [-0.4, -0.2) is 12.4 Å². The van der Waals surface area contributed by atoms with E-state index in [1.54, 1.807) is 36.4 Å². The van der Waals surface area contributed by atoms with Crippen LogP contribution in [0.25, 0.3) is 0 Å². The zero-order valence-corrected chi connectivity index (χ0v) is 14.4. The summed E-state index contributed by atoms with van der Waals surface area (Å²) in [5.74, 6) is 0.610. The Balaban J connectivity index is 2.27. The molecule has 0 atom stereocenters. The standard InChI is InChI=1S/C16H13BrCl2O2/c1-2-7-21-15-6-4-10(8-12(15)17)16(20)11-3-5-13(18)14(19)9-11/h3-6,8-9H,2,7H2,1H3. The summed E-state index contributed by atoms with van der Waals surface area (Å²) in [6.07, 6.45) is 0.927. The maximum absolute atomic E-state index is 12.4. The summed E-state index contributed by atoms with van der Waals surface area (Å²) in [4.78, 5) is 12.4. The predicted octanol–water partition coefficient (Wildman–Crippen LogP) is 5.78. The van der Waals surface area contributed by atoms with Gasteiger partial charge in [0.25, 0.3) is 0 Å². The van der Waals surface area contributed by atoms with Gasteiger partial charge in [-0.2, -0.15) is 0 Å². The van der Waals surface area contributed by atoms with Gasteiger partial charge >= 0.3 is 0 Å². The summed E-state index contributed by atoms with van der Waals surface area (Å²) in [7, 11) is 0. The van der Waals surface area contributed by atoms with E-state index in [1.807, 2.05) is 6.92 Å². The molecule has 110 valence electrons. The molecule has 0 radical (unpaired) electrons. The van der Waals surface area contributed by atoms with Gasteiger partial charge in [-0.25, -0.2) is 0 Å². The van der Waals surface area contributed by atoms with Crippen LogP contribution < -0.4 is 4.74 Å². The molecule has 0 unspecified atom stereocenters. The normalized spacial score (nSPS) is 10.5. The molecular formula is C16H13BrCl2O2. The second-order valence-corrected chi connectivity index (χ2v) is 6.12. The third-order valence-corrected chi connectivity index (χ3v) is 4.20. The van der Waals surface area contributed by atoms with Crippen molar-refractivity contribution in [2.75, 3.05) is 6.61 Å².